The molecule has 0 aliphatic carbocycles. The quantitative estimate of drug-likeness (QED) is 0.694. The van der Waals surface area contributed by atoms with Crippen LogP contribution in [0.5, 0.6) is 5.88 Å². The maximum Gasteiger partial charge on any atom is 0.244 e. The maximum absolute atomic E-state index is 12.7. The highest BCUT2D eigenvalue weighted by atomic mass is 79.9. The number of fused-ring (bicyclic) bond motifs is 1. The van der Waals surface area contributed by atoms with E-state index in [0.717, 1.165) is 3.97 Å². The fraction of sp³-hybridized carbons (Fsp3) is 0.143. The van der Waals surface area contributed by atoms with Gasteiger partial charge in [0.1, 0.15) is 6.33 Å². The van der Waals surface area contributed by atoms with Crippen molar-refractivity contribution >= 4 is 37.0 Å². The molecule has 3 aromatic rings. The van der Waals surface area contributed by atoms with Crippen LogP contribution in [0.25, 0.3) is 11.0 Å². The molecule has 2 aromatic heterocycles. The van der Waals surface area contributed by atoms with Gasteiger partial charge >= 0.3 is 0 Å². The first-order valence-electron chi connectivity index (χ1n) is 6.35. The van der Waals surface area contributed by atoms with E-state index in [1.165, 1.54) is 19.6 Å². The Hall–Kier alpha value is -1.93. The van der Waals surface area contributed by atoms with Gasteiger partial charge < -0.3 is 4.74 Å². The molecule has 2 heterocycles. The van der Waals surface area contributed by atoms with Gasteiger partial charge in [-0.2, -0.15) is 0 Å². The van der Waals surface area contributed by atoms with E-state index in [4.69, 9.17) is 4.74 Å². The minimum Gasteiger partial charge on any atom is -0.480 e. The van der Waals surface area contributed by atoms with Crippen LogP contribution in [-0.4, -0.2) is 29.5 Å². The zero-order valence-electron chi connectivity index (χ0n) is 11.6. The van der Waals surface area contributed by atoms with Crippen molar-refractivity contribution in [2.45, 2.75) is 5.75 Å². The number of hydrogen-bond acceptors (Lipinski definition) is 5. The Labute approximate surface area is 136 Å². The SMILES string of the molecule is COc1ncnc2c1c(Br)cn2S(=O)(=O)Cc1ccccc1. The molecule has 0 aliphatic rings. The van der Waals surface area contributed by atoms with Crippen LogP contribution >= 0.6 is 15.9 Å². The predicted molar refractivity (Wildman–Crippen MR) is 86.2 cm³/mol. The van der Waals surface area contributed by atoms with E-state index >= 15 is 0 Å². The van der Waals surface area contributed by atoms with Gasteiger partial charge in [0.2, 0.25) is 15.9 Å². The number of benzene rings is 1. The molecule has 0 radical (unpaired) electrons. The van der Waals surface area contributed by atoms with Crippen molar-refractivity contribution in [3.8, 4) is 5.88 Å². The summed E-state index contributed by atoms with van der Waals surface area (Å²) in [6.07, 6.45) is 2.75. The number of nitrogens with zero attached hydrogens (tertiary/aromatic N) is 3. The molecule has 114 valence electrons. The highest BCUT2D eigenvalue weighted by Crippen LogP contribution is 2.32. The third-order valence-electron chi connectivity index (χ3n) is 3.16. The van der Waals surface area contributed by atoms with Crippen molar-refractivity contribution in [3.05, 3.63) is 52.9 Å². The predicted octanol–water partition coefficient (Wildman–Crippen LogP) is 2.58. The standard InChI is InChI=1S/C14H12BrN3O3S/c1-21-14-12-11(15)7-18(13(12)16-9-17-14)22(19,20)8-10-5-3-2-4-6-10/h2-7,9H,8H2,1H3. The Morgan fingerprint density at radius 1 is 1.23 bits per heavy atom. The zero-order valence-corrected chi connectivity index (χ0v) is 14.0. The Morgan fingerprint density at radius 2 is 1.95 bits per heavy atom. The first-order chi connectivity index (χ1) is 10.5. The van der Waals surface area contributed by atoms with Crippen LogP contribution in [0.2, 0.25) is 0 Å². The van der Waals surface area contributed by atoms with Gasteiger partial charge in [0.25, 0.3) is 0 Å². The molecule has 0 saturated heterocycles. The Balaban J connectivity index is 2.14. The van der Waals surface area contributed by atoms with Gasteiger partial charge in [0.05, 0.1) is 22.7 Å². The summed E-state index contributed by atoms with van der Waals surface area (Å²) in [6.45, 7) is 0. The number of hydrogen-bond donors (Lipinski definition) is 0. The summed E-state index contributed by atoms with van der Waals surface area (Å²) in [4.78, 5) is 8.08. The van der Waals surface area contributed by atoms with Crippen molar-refractivity contribution in [3.63, 3.8) is 0 Å². The fourth-order valence-electron chi connectivity index (χ4n) is 2.19. The second-order valence-electron chi connectivity index (χ2n) is 4.60. The first-order valence-corrected chi connectivity index (χ1v) is 8.76. The Morgan fingerprint density at radius 3 is 2.64 bits per heavy atom. The molecular weight excluding hydrogens is 370 g/mol. The summed E-state index contributed by atoms with van der Waals surface area (Å²) in [5, 5.41) is 0.529. The van der Waals surface area contributed by atoms with Crippen LogP contribution < -0.4 is 4.74 Å². The second kappa shape index (κ2) is 5.69. The average Bonchev–Trinajstić information content (AvgIpc) is 2.86. The molecular formula is C14H12BrN3O3S. The van der Waals surface area contributed by atoms with Crippen LogP contribution in [0.1, 0.15) is 5.56 Å². The molecule has 0 atom stereocenters. The van der Waals surface area contributed by atoms with E-state index in [-0.39, 0.29) is 11.4 Å². The zero-order chi connectivity index (χ0) is 15.7. The molecule has 0 spiro atoms. The first kappa shape index (κ1) is 15.0. The molecule has 1 aromatic carbocycles. The van der Waals surface area contributed by atoms with E-state index < -0.39 is 10.0 Å². The summed E-state index contributed by atoms with van der Waals surface area (Å²) >= 11 is 3.34. The number of halogens is 1. The molecule has 6 nitrogen and oxygen atoms in total. The van der Waals surface area contributed by atoms with Crippen LogP contribution in [0.4, 0.5) is 0 Å². The number of aromatic nitrogens is 3. The highest BCUT2D eigenvalue weighted by molar-refractivity contribution is 9.10. The molecule has 22 heavy (non-hydrogen) atoms. The summed E-state index contributed by atoms with van der Waals surface area (Å²) < 4.78 is 32.2. The Bertz CT molecular complexity index is 923. The van der Waals surface area contributed by atoms with Crippen molar-refractivity contribution < 1.29 is 13.2 Å². The van der Waals surface area contributed by atoms with Crippen molar-refractivity contribution in [2.24, 2.45) is 0 Å². The third kappa shape index (κ3) is 2.59. The summed E-state index contributed by atoms with van der Waals surface area (Å²) in [5.41, 5.74) is 0.996. The monoisotopic (exact) mass is 381 g/mol. The van der Waals surface area contributed by atoms with Gasteiger partial charge in [-0.1, -0.05) is 30.3 Å². The molecule has 0 N–H and O–H groups in total. The van der Waals surface area contributed by atoms with Crippen molar-refractivity contribution in [2.75, 3.05) is 7.11 Å². The van der Waals surface area contributed by atoms with Gasteiger partial charge in [-0.05, 0) is 21.5 Å². The molecule has 8 heteroatoms. The van der Waals surface area contributed by atoms with Crippen LogP contribution in [0, 0.1) is 0 Å². The highest BCUT2D eigenvalue weighted by Gasteiger charge is 2.22. The fourth-order valence-corrected chi connectivity index (χ4v) is 4.29. The van der Waals surface area contributed by atoms with E-state index in [9.17, 15) is 8.42 Å². The smallest absolute Gasteiger partial charge is 0.244 e. The van der Waals surface area contributed by atoms with Crippen LogP contribution in [-0.2, 0) is 15.8 Å². The van der Waals surface area contributed by atoms with Gasteiger partial charge in [0, 0.05) is 6.20 Å². The summed E-state index contributed by atoms with van der Waals surface area (Å²) in [5.74, 6) is 0.210. The normalized spacial score (nSPS) is 11.7. The summed E-state index contributed by atoms with van der Waals surface area (Å²) in [6, 6.07) is 9.00. The molecule has 3 rings (SSSR count). The minimum absolute atomic E-state index is 0.115. The average molecular weight is 382 g/mol. The minimum atomic E-state index is -3.60. The van der Waals surface area contributed by atoms with Crippen molar-refractivity contribution in [1.82, 2.24) is 13.9 Å². The van der Waals surface area contributed by atoms with E-state index in [0.29, 0.717) is 21.3 Å². The molecule has 0 bridgehead atoms. The lowest BCUT2D eigenvalue weighted by atomic mass is 10.2. The molecule has 0 amide bonds. The van der Waals surface area contributed by atoms with Gasteiger partial charge in [0.15, 0.2) is 5.65 Å². The van der Waals surface area contributed by atoms with E-state index in [2.05, 4.69) is 25.9 Å². The van der Waals surface area contributed by atoms with Gasteiger partial charge in [-0.25, -0.2) is 22.4 Å². The topological polar surface area (TPSA) is 74.1 Å². The van der Waals surface area contributed by atoms with Gasteiger partial charge in [-0.15, -0.1) is 0 Å². The Kier molecular flexibility index (Phi) is 3.88. The number of ether oxygens (including phenoxy) is 1. The third-order valence-corrected chi connectivity index (χ3v) is 5.33. The number of methoxy groups -OCH3 is 1. The molecule has 0 aliphatic heterocycles. The lowest BCUT2D eigenvalue weighted by Gasteiger charge is -2.07. The van der Waals surface area contributed by atoms with E-state index in [1.54, 1.807) is 24.3 Å². The molecule has 0 fully saturated rings. The maximum atomic E-state index is 12.7. The van der Waals surface area contributed by atoms with Gasteiger partial charge in [-0.3, -0.25) is 0 Å². The van der Waals surface area contributed by atoms with E-state index in [1.807, 2.05) is 6.07 Å². The van der Waals surface area contributed by atoms with Crippen LogP contribution in [0.15, 0.2) is 47.3 Å². The molecule has 0 unspecified atom stereocenters. The van der Waals surface area contributed by atoms with Crippen LogP contribution in [0.3, 0.4) is 0 Å². The number of rotatable bonds is 4. The summed E-state index contributed by atoms with van der Waals surface area (Å²) in [7, 11) is -2.13. The second-order valence-corrected chi connectivity index (χ2v) is 7.30. The van der Waals surface area contributed by atoms with Crippen molar-refractivity contribution in [1.29, 1.82) is 0 Å². The largest absolute Gasteiger partial charge is 0.480 e. The molecule has 0 saturated carbocycles. The lowest BCUT2D eigenvalue weighted by Crippen LogP contribution is -2.14. The lowest BCUT2D eigenvalue weighted by molar-refractivity contribution is 0.402.